The zero-order chi connectivity index (χ0) is 29.6. The number of carbonyl (C=O) groups is 3. The maximum atomic E-state index is 14.0. The Bertz CT molecular complexity index is 1580. The molecule has 1 N–H and O–H groups in total. The lowest BCUT2D eigenvalue weighted by Gasteiger charge is -2.32. The summed E-state index contributed by atoms with van der Waals surface area (Å²) in [7, 11) is 0. The van der Waals surface area contributed by atoms with Crippen LogP contribution in [0.15, 0.2) is 91.0 Å². The van der Waals surface area contributed by atoms with E-state index >= 15 is 0 Å². The molecule has 0 saturated carbocycles. The topological polar surface area (TPSA) is 69.7 Å². The lowest BCUT2D eigenvalue weighted by Crippen LogP contribution is -2.51. The van der Waals surface area contributed by atoms with Gasteiger partial charge in [-0.1, -0.05) is 92.7 Å². The van der Waals surface area contributed by atoms with E-state index in [1.165, 1.54) is 0 Å². The highest BCUT2D eigenvalue weighted by molar-refractivity contribution is 6.25. The van der Waals surface area contributed by atoms with Crippen molar-refractivity contribution in [3.8, 4) is 0 Å². The van der Waals surface area contributed by atoms with Gasteiger partial charge in [-0.2, -0.15) is 0 Å². The molecule has 0 radical (unpaired) electrons. The number of anilines is 1. The third-order valence-electron chi connectivity index (χ3n) is 7.98. The number of nitrogens with one attached hydrogen (secondary N) is 1. The summed E-state index contributed by atoms with van der Waals surface area (Å²) in [5.41, 5.74) is 4.69. The predicted octanol–water partition coefficient (Wildman–Crippen LogP) is 6.30. The Morgan fingerprint density at radius 1 is 0.881 bits per heavy atom. The molecule has 0 saturated heterocycles. The van der Waals surface area contributed by atoms with Gasteiger partial charge in [0.25, 0.3) is 5.91 Å². The fraction of sp³-hybridized carbons (Fsp3) is 0.306. The van der Waals surface area contributed by atoms with E-state index in [9.17, 15) is 14.4 Å². The first-order valence-corrected chi connectivity index (χ1v) is 14.8. The Labute approximate surface area is 248 Å². The molecule has 0 bridgehead atoms. The van der Waals surface area contributed by atoms with Crippen molar-refractivity contribution in [3.05, 3.63) is 113 Å². The van der Waals surface area contributed by atoms with Gasteiger partial charge in [-0.25, -0.2) is 0 Å². The highest BCUT2D eigenvalue weighted by atomic mass is 16.2. The molecule has 5 rings (SSSR count). The van der Waals surface area contributed by atoms with E-state index in [0.29, 0.717) is 44.0 Å². The Morgan fingerprint density at radius 3 is 2.33 bits per heavy atom. The summed E-state index contributed by atoms with van der Waals surface area (Å²) in [4.78, 5) is 44.5. The van der Waals surface area contributed by atoms with Crippen LogP contribution < -0.4 is 10.2 Å². The highest BCUT2D eigenvalue weighted by Crippen LogP contribution is 2.37. The maximum absolute atomic E-state index is 14.0. The second kappa shape index (κ2) is 13.0. The molecule has 1 aliphatic heterocycles. The Morgan fingerprint density at radius 2 is 1.60 bits per heavy atom. The van der Waals surface area contributed by atoms with E-state index in [-0.39, 0.29) is 24.1 Å². The van der Waals surface area contributed by atoms with Crippen LogP contribution in [0, 0.1) is 12.8 Å². The van der Waals surface area contributed by atoms with Gasteiger partial charge in [0.1, 0.15) is 6.04 Å². The minimum absolute atomic E-state index is 0.0268. The van der Waals surface area contributed by atoms with Gasteiger partial charge >= 0.3 is 0 Å². The van der Waals surface area contributed by atoms with Crippen LogP contribution in [0.1, 0.15) is 53.7 Å². The highest BCUT2D eigenvalue weighted by Gasteiger charge is 2.32. The first-order chi connectivity index (χ1) is 20.3. The van der Waals surface area contributed by atoms with Gasteiger partial charge in [0.2, 0.25) is 11.8 Å². The first-order valence-electron chi connectivity index (χ1n) is 14.8. The lowest BCUT2D eigenvalue weighted by atomic mass is 10.0. The van der Waals surface area contributed by atoms with Crippen molar-refractivity contribution < 1.29 is 14.4 Å². The summed E-state index contributed by atoms with van der Waals surface area (Å²) in [5.74, 6) is 0.0204. The summed E-state index contributed by atoms with van der Waals surface area (Å²) in [6.45, 7) is 7.45. The van der Waals surface area contributed by atoms with Crippen LogP contribution in [-0.2, 0) is 22.6 Å². The molecule has 4 aromatic carbocycles. The maximum Gasteiger partial charge on any atom is 0.258 e. The van der Waals surface area contributed by atoms with Gasteiger partial charge < -0.3 is 15.1 Å². The van der Waals surface area contributed by atoms with E-state index < -0.39 is 6.04 Å². The molecule has 6 heteroatoms. The van der Waals surface area contributed by atoms with Crippen molar-refractivity contribution in [2.45, 2.75) is 52.6 Å². The average Bonchev–Trinajstić information content (AvgIpc) is 3.27. The molecular formula is C36H39N3O3. The van der Waals surface area contributed by atoms with Gasteiger partial charge in [-0.05, 0) is 53.5 Å². The van der Waals surface area contributed by atoms with E-state index in [1.807, 2.05) is 97.9 Å². The van der Waals surface area contributed by atoms with Crippen LogP contribution in [0.25, 0.3) is 10.8 Å². The van der Waals surface area contributed by atoms with E-state index in [2.05, 4.69) is 19.2 Å². The molecule has 0 aliphatic carbocycles. The van der Waals surface area contributed by atoms with Gasteiger partial charge in [0.05, 0.1) is 5.69 Å². The van der Waals surface area contributed by atoms with Crippen molar-refractivity contribution in [1.82, 2.24) is 10.2 Å². The summed E-state index contributed by atoms with van der Waals surface area (Å²) in [5, 5.41) is 5.09. The van der Waals surface area contributed by atoms with Crippen LogP contribution in [0.2, 0.25) is 0 Å². The normalized spacial score (nSPS) is 13.0. The minimum atomic E-state index is -0.662. The Balaban J connectivity index is 1.38. The fourth-order valence-corrected chi connectivity index (χ4v) is 5.68. The van der Waals surface area contributed by atoms with E-state index in [0.717, 1.165) is 33.2 Å². The van der Waals surface area contributed by atoms with Crippen LogP contribution in [0.5, 0.6) is 0 Å². The molecule has 0 fully saturated rings. The zero-order valence-electron chi connectivity index (χ0n) is 24.7. The smallest absolute Gasteiger partial charge is 0.258 e. The van der Waals surface area contributed by atoms with Crippen LogP contribution in [-0.4, -0.2) is 41.8 Å². The molecule has 0 aromatic heterocycles. The Hall–Kier alpha value is -4.45. The number of aryl methyl sites for hydroxylation is 1. The van der Waals surface area contributed by atoms with E-state index in [1.54, 1.807) is 9.80 Å². The zero-order valence-corrected chi connectivity index (χ0v) is 24.7. The molecule has 0 spiro atoms. The monoisotopic (exact) mass is 561 g/mol. The molecule has 1 aliphatic rings. The molecule has 4 aromatic rings. The van der Waals surface area contributed by atoms with Gasteiger partial charge in [-0.3, -0.25) is 14.4 Å². The number of hydrogen-bond donors (Lipinski definition) is 1. The Kier molecular flexibility index (Phi) is 9.01. The number of benzene rings is 4. The molecule has 1 unspecified atom stereocenters. The molecular weight excluding hydrogens is 522 g/mol. The van der Waals surface area contributed by atoms with Crippen molar-refractivity contribution in [2.75, 3.05) is 18.0 Å². The van der Waals surface area contributed by atoms with Crippen molar-refractivity contribution in [3.63, 3.8) is 0 Å². The summed E-state index contributed by atoms with van der Waals surface area (Å²) in [6, 6.07) is 28.9. The molecule has 1 heterocycles. The first kappa shape index (κ1) is 29.1. The SMILES string of the molecule is Cc1ccccc1CN(C(=O)CCCN1C(=O)c2cccc3cccc1c23)C(Cc1ccccc1)C(=O)NCC(C)C. The molecule has 1 atom stereocenters. The molecule has 216 valence electrons. The van der Waals surface area contributed by atoms with Crippen molar-refractivity contribution >= 4 is 34.2 Å². The summed E-state index contributed by atoms with van der Waals surface area (Å²) < 4.78 is 0. The molecule has 3 amide bonds. The number of carbonyl (C=O) groups excluding carboxylic acids is 3. The summed E-state index contributed by atoms with van der Waals surface area (Å²) in [6.07, 6.45) is 1.14. The predicted molar refractivity (Wildman–Crippen MR) is 168 cm³/mol. The quantitative estimate of drug-likeness (QED) is 0.221. The van der Waals surface area contributed by atoms with Crippen molar-refractivity contribution in [1.29, 1.82) is 0 Å². The fourth-order valence-electron chi connectivity index (χ4n) is 5.68. The number of hydrogen-bond acceptors (Lipinski definition) is 3. The second-order valence-electron chi connectivity index (χ2n) is 11.5. The lowest BCUT2D eigenvalue weighted by molar-refractivity contribution is -0.141. The van der Waals surface area contributed by atoms with Crippen molar-refractivity contribution in [2.24, 2.45) is 5.92 Å². The molecule has 42 heavy (non-hydrogen) atoms. The average molecular weight is 562 g/mol. The van der Waals surface area contributed by atoms with Gasteiger partial charge in [0.15, 0.2) is 0 Å². The van der Waals surface area contributed by atoms with Crippen LogP contribution in [0.3, 0.4) is 0 Å². The number of nitrogens with zero attached hydrogens (tertiary/aromatic N) is 2. The number of amides is 3. The van der Waals surface area contributed by atoms with Gasteiger partial charge in [-0.15, -0.1) is 0 Å². The van der Waals surface area contributed by atoms with Gasteiger partial charge in [0, 0.05) is 43.4 Å². The molecule has 6 nitrogen and oxygen atoms in total. The number of rotatable bonds is 12. The van der Waals surface area contributed by atoms with Crippen LogP contribution in [0.4, 0.5) is 5.69 Å². The second-order valence-corrected chi connectivity index (χ2v) is 11.5. The van der Waals surface area contributed by atoms with Crippen LogP contribution >= 0.6 is 0 Å². The minimum Gasteiger partial charge on any atom is -0.354 e. The van der Waals surface area contributed by atoms with E-state index in [4.69, 9.17) is 0 Å². The standard InChI is InChI=1S/C36H39N3O3/c1-25(2)23-37-35(41)32(22-27-13-5-4-6-14-27)39(24-29-15-8-7-12-26(29)3)33(40)20-11-21-38-31-19-10-17-28-16-9-18-30(34(28)31)36(38)42/h4-10,12-19,25,32H,11,20-24H2,1-3H3,(H,37,41). The summed E-state index contributed by atoms with van der Waals surface area (Å²) >= 11 is 0. The largest absolute Gasteiger partial charge is 0.354 e. The third-order valence-corrected chi connectivity index (χ3v) is 7.98. The third kappa shape index (κ3) is 6.38.